The number of ether oxygens (including phenoxy) is 1. The van der Waals surface area contributed by atoms with Gasteiger partial charge in [0.2, 0.25) is 5.91 Å². The Morgan fingerprint density at radius 2 is 0.773 bits per heavy atom. The molecule has 0 radical (unpaired) electrons. The SMILES string of the molecule is CCCC/C=C\C/C=C\CCCCCCCC(=O)OCCCCCCCCCCCCCCCCCCCCCCCCCC(=O)NC(CO)C(O)/C=C/CCCCCCCCCCCC. The summed E-state index contributed by atoms with van der Waals surface area (Å²) < 4.78 is 5.47. The number of hydrogen-bond acceptors (Lipinski definition) is 5. The Balaban J connectivity index is 3.38. The highest BCUT2D eigenvalue weighted by Gasteiger charge is 2.18. The van der Waals surface area contributed by atoms with Crippen LogP contribution in [0.5, 0.6) is 0 Å². The zero-order chi connectivity index (χ0) is 47.9. The van der Waals surface area contributed by atoms with E-state index in [0.29, 0.717) is 19.4 Å². The summed E-state index contributed by atoms with van der Waals surface area (Å²) in [5, 5.41) is 23.0. The van der Waals surface area contributed by atoms with E-state index in [1.54, 1.807) is 6.08 Å². The second-order valence-corrected chi connectivity index (χ2v) is 20.0. The third kappa shape index (κ3) is 51.5. The van der Waals surface area contributed by atoms with Crippen LogP contribution in [0.25, 0.3) is 0 Å². The molecule has 3 N–H and O–H groups in total. The first-order valence-electron chi connectivity index (χ1n) is 29.3. The van der Waals surface area contributed by atoms with Gasteiger partial charge in [0.25, 0.3) is 0 Å². The molecule has 66 heavy (non-hydrogen) atoms. The molecule has 0 aliphatic carbocycles. The van der Waals surface area contributed by atoms with E-state index >= 15 is 0 Å². The molecule has 2 atom stereocenters. The number of aliphatic hydroxyl groups is 2. The lowest BCUT2D eigenvalue weighted by Crippen LogP contribution is -2.45. The maximum Gasteiger partial charge on any atom is 0.305 e. The van der Waals surface area contributed by atoms with Gasteiger partial charge in [-0.25, -0.2) is 0 Å². The molecular formula is C60H113NO5. The molecule has 388 valence electrons. The quantitative estimate of drug-likeness (QED) is 0.0321. The van der Waals surface area contributed by atoms with Gasteiger partial charge in [0.05, 0.1) is 25.4 Å². The van der Waals surface area contributed by atoms with Crippen molar-refractivity contribution in [1.29, 1.82) is 0 Å². The summed E-state index contributed by atoms with van der Waals surface area (Å²) in [6.45, 7) is 4.85. The van der Waals surface area contributed by atoms with Gasteiger partial charge in [-0.05, 0) is 57.8 Å². The van der Waals surface area contributed by atoms with Gasteiger partial charge in [0.1, 0.15) is 0 Å². The third-order valence-corrected chi connectivity index (χ3v) is 13.4. The predicted molar refractivity (Wildman–Crippen MR) is 287 cm³/mol. The number of carbonyl (C=O) groups excluding carboxylic acids is 2. The first-order chi connectivity index (χ1) is 32.5. The largest absolute Gasteiger partial charge is 0.466 e. The molecule has 0 aliphatic rings. The fourth-order valence-corrected chi connectivity index (χ4v) is 8.89. The van der Waals surface area contributed by atoms with Crippen LogP contribution in [0.1, 0.15) is 309 Å². The van der Waals surface area contributed by atoms with Crippen LogP contribution in [0.4, 0.5) is 0 Å². The van der Waals surface area contributed by atoms with Crippen molar-refractivity contribution in [3.8, 4) is 0 Å². The molecule has 0 aromatic rings. The van der Waals surface area contributed by atoms with Crippen molar-refractivity contribution in [2.75, 3.05) is 13.2 Å². The molecular weight excluding hydrogens is 815 g/mol. The Hall–Kier alpha value is -1.92. The summed E-state index contributed by atoms with van der Waals surface area (Å²) in [5.41, 5.74) is 0. The number of unbranched alkanes of at least 4 members (excludes halogenated alkanes) is 39. The van der Waals surface area contributed by atoms with E-state index in [9.17, 15) is 19.8 Å². The van der Waals surface area contributed by atoms with Crippen molar-refractivity contribution >= 4 is 11.9 Å². The average molecular weight is 929 g/mol. The first kappa shape index (κ1) is 64.1. The lowest BCUT2D eigenvalue weighted by atomic mass is 10.0. The van der Waals surface area contributed by atoms with Crippen molar-refractivity contribution in [3.63, 3.8) is 0 Å². The van der Waals surface area contributed by atoms with E-state index in [1.165, 1.54) is 231 Å². The minimum atomic E-state index is -0.843. The van der Waals surface area contributed by atoms with Gasteiger partial charge in [-0.3, -0.25) is 9.59 Å². The molecule has 0 aliphatic heterocycles. The predicted octanol–water partition coefficient (Wildman–Crippen LogP) is 18.0. The van der Waals surface area contributed by atoms with Gasteiger partial charge in [-0.1, -0.05) is 275 Å². The van der Waals surface area contributed by atoms with Crippen LogP contribution in [0.2, 0.25) is 0 Å². The maximum atomic E-state index is 12.4. The molecule has 0 heterocycles. The smallest absolute Gasteiger partial charge is 0.305 e. The second kappa shape index (κ2) is 55.7. The van der Waals surface area contributed by atoms with Crippen LogP contribution in [0.3, 0.4) is 0 Å². The summed E-state index contributed by atoms with van der Waals surface area (Å²) in [7, 11) is 0. The third-order valence-electron chi connectivity index (χ3n) is 13.4. The van der Waals surface area contributed by atoms with E-state index in [-0.39, 0.29) is 18.5 Å². The Bertz CT molecular complexity index is 1070. The molecule has 0 saturated heterocycles. The van der Waals surface area contributed by atoms with E-state index < -0.39 is 12.1 Å². The van der Waals surface area contributed by atoms with E-state index in [1.807, 2.05) is 6.08 Å². The van der Waals surface area contributed by atoms with Crippen molar-refractivity contribution < 1.29 is 24.5 Å². The molecule has 0 rings (SSSR count). The average Bonchev–Trinajstić information content (AvgIpc) is 3.32. The number of carbonyl (C=O) groups is 2. The van der Waals surface area contributed by atoms with Gasteiger partial charge in [-0.15, -0.1) is 0 Å². The molecule has 0 aromatic carbocycles. The Morgan fingerprint density at radius 3 is 1.20 bits per heavy atom. The zero-order valence-corrected chi connectivity index (χ0v) is 44.2. The number of amides is 1. The van der Waals surface area contributed by atoms with Crippen LogP contribution >= 0.6 is 0 Å². The fourth-order valence-electron chi connectivity index (χ4n) is 8.89. The van der Waals surface area contributed by atoms with Crippen molar-refractivity contribution in [3.05, 3.63) is 36.5 Å². The molecule has 0 bridgehead atoms. The highest BCUT2D eigenvalue weighted by Crippen LogP contribution is 2.17. The fraction of sp³-hybridized carbons (Fsp3) is 0.867. The topological polar surface area (TPSA) is 95.9 Å². The monoisotopic (exact) mass is 928 g/mol. The van der Waals surface area contributed by atoms with Crippen LogP contribution in [0, 0.1) is 0 Å². The minimum absolute atomic E-state index is 0.00108. The van der Waals surface area contributed by atoms with E-state index in [0.717, 1.165) is 51.4 Å². The molecule has 0 saturated carbocycles. The zero-order valence-electron chi connectivity index (χ0n) is 44.2. The number of rotatable bonds is 54. The highest BCUT2D eigenvalue weighted by molar-refractivity contribution is 5.76. The highest BCUT2D eigenvalue weighted by atomic mass is 16.5. The van der Waals surface area contributed by atoms with Crippen LogP contribution in [-0.2, 0) is 14.3 Å². The number of esters is 1. The lowest BCUT2D eigenvalue weighted by Gasteiger charge is -2.20. The van der Waals surface area contributed by atoms with Gasteiger partial charge >= 0.3 is 5.97 Å². The summed E-state index contributed by atoms with van der Waals surface area (Å²) in [6, 6.07) is -0.626. The van der Waals surface area contributed by atoms with Crippen molar-refractivity contribution in [2.24, 2.45) is 0 Å². The molecule has 2 unspecified atom stereocenters. The van der Waals surface area contributed by atoms with Gasteiger partial charge in [0, 0.05) is 12.8 Å². The standard InChI is InChI=1S/C60H113NO5/c1-3-5-7-9-11-13-15-17-30-34-38-42-46-50-54-60(65)66-55-51-47-43-39-35-31-28-26-24-22-20-18-19-21-23-25-27-29-33-37-41-45-49-53-59(64)61-57(56-62)58(63)52-48-44-40-36-32-16-14-12-10-8-6-4-2/h9,11,15,17,48,52,57-58,62-63H,3-8,10,12-14,16,18-47,49-51,53-56H2,1-2H3,(H,61,64)/b11-9-,17-15-,52-48+. The Kier molecular flexibility index (Phi) is 54.1. The number of aliphatic hydroxyl groups excluding tert-OH is 2. The lowest BCUT2D eigenvalue weighted by molar-refractivity contribution is -0.143. The van der Waals surface area contributed by atoms with Crippen LogP contribution < -0.4 is 5.32 Å². The molecule has 0 spiro atoms. The van der Waals surface area contributed by atoms with Crippen LogP contribution in [-0.4, -0.2) is 47.4 Å². The first-order valence-corrected chi connectivity index (χ1v) is 29.3. The minimum Gasteiger partial charge on any atom is -0.466 e. The number of nitrogens with one attached hydrogen (secondary N) is 1. The maximum absolute atomic E-state index is 12.4. The molecule has 1 amide bonds. The van der Waals surface area contributed by atoms with Crippen molar-refractivity contribution in [1.82, 2.24) is 5.32 Å². The van der Waals surface area contributed by atoms with Gasteiger partial charge in [0.15, 0.2) is 0 Å². The molecule has 0 aromatic heterocycles. The van der Waals surface area contributed by atoms with Crippen LogP contribution in [0.15, 0.2) is 36.5 Å². The summed E-state index contributed by atoms with van der Waals surface area (Å²) >= 11 is 0. The normalized spacial score (nSPS) is 12.8. The molecule has 6 heteroatoms. The van der Waals surface area contributed by atoms with Gasteiger partial charge in [-0.2, -0.15) is 0 Å². The second-order valence-electron chi connectivity index (χ2n) is 20.0. The number of hydrogen-bond donors (Lipinski definition) is 3. The summed E-state index contributed by atoms with van der Waals surface area (Å²) in [4.78, 5) is 24.5. The van der Waals surface area contributed by atoms with Crippen molar-refractivity contribution in [2.45, 2.75) is 321 Å². The molecule has 0 fully saturated rings. The van der Waals surface area contributed by atoms with E-state index in [2.05, 4.69) is 43.5 Å². The number of allylic oxidation sites excluding steroid dienone is 5. The Morgan fingerprint density at radius 1 is 0.424 bits per heavy atom. The summed E-state index contributed by atoms with van der Waals surface area (Å²) in [5.74, 6) is -0.0692. The molecule has 6 nitrogen and oxygen atoms in total. The summed E-state index contributed by atoms with van der Waals surface area (Å²) in [6.07, 6.45) is 68.9. The Labute approximate surface area is 411 Å². The van der Waals surface area contributed by atoms with E-state index in [4.69, 9.17) is 4.74 Å². The van der Waals surface area contributed by atoms with Gasteiger partial charge < -0.3 is 20.3 Å².